The molecule has 0 fully saturated rings. The molecular formula is C11H16BrNO3S. The van der Waals surface area contributed by atoms with E-state index in [1.807, 2.05) is 0 Å². The summed E-state index contributed by atoms with van der Waals surface area (Å²) in [4.78, 5) is 0. The van der Waals surface area contributed by atoms with E-state index >= 15 is 0 Å². The first-order valence-corrected chi connectivity index (χ1v) is 7.65. The third-order valence-corrected chi connectivity index (χ3v) is 5.46. The smallest absolute Gasteiger partial charge is 0.158 e. The molecule has 0 aliphatic carbocycles. The Morgan fingerprint density at radius 3 is 2.65 bits per heavy atom. The summed E-state index contributed by atoms with van der Waals surface area (Å²) in [5, 5.41) is -0.541. The molecule has 17 heavy (non-hydrogen) atoms. The molecule has 1 aromatic carbocycles. The third kappa shape index (κ3) is 3.69. The number of ether oxygens (including phenoxy) is 1. The molecule has 0 radical (unpaired) electrons. The summed E-state index contributed by atoms with van der Waals surface area (Å²) in [5.74, 6) is 0.599. The van der Waals surface area contributed by atoms with Crippen molar-refractivity contribution >= 4 is 25.8 Å². The molecule has 96 valence electrons. The highest BCUT2D eigenvalue weighted by atomic mass is 79.9. The van der Waals surface area contributed by atoms with Crippen LogP contribution in [0.5, 0.6) is 5.75 Å². The van der Waals surface area contributed by atoms with Crippen LogP contribution in [0.1, 0.15) is 12.5 Å². The first-order chi connectivity index (χ1) is 7.90. The van der Waals surface area contributed by atoms with E-state index in [4.69, 9.17) is 10.5 Å². The molecule has 6 heteroatoms. The van der Waals surface area contributed by atoms with Crippen LogP contribution >= 0.6 is 15.9 Å². The molecule has 4 nitrogen and oxygen atoms in total. The standard InChI is InChI=1S/C11H16BrNO3S/c1-8(6-13)17(14,15)7-9-5-10(16-2)3-4-11(9)12/h3-5,8H,6-7,13H2,1-2H3. The van der Waals surface area contributed by atoms with E-state index < -0.39 is 15.1 Å². The molecule has 0 heterocycles. The fraction of sp³-hybridized carbons (Fsp3) is 0.455. The van der Waals surface area contributed by atoms with Crippen LogP contribution in [-0.2, 0) is 15.6 Å². The van der Waals surface area contributed by atoms with E-state index in [1.54, 1.807) is 32.2 Å². The van der Waals surface area contributed by atoms with E-state index in [1.165, 1.54) is 0 Å². The van der Waals surface area contributed by atoms with E-state index in [0.717, 1.165) is 4.47 Å². The highest BCUT2D eigenvalue weighted by Gasteiger charge is 2.21. The van der Waals surface area contributed by atoms with E-state index in [9.17, 15) is 8.42 Å². The zero-order chi connectivity index (χ0) is 13.1. The number of sulfone groups is 1. The van der Waals surface area contributed by atoms with Crippen LogP contribution in [0.3, 0.4) is 0 Å². The average molecular weight is 322 g/mol. The molecule has 0 bridgehead atoms. The van der Waals surface area contributed by atoms with Gasteiger partial charge in [-0.1, -0.05) is 15.9 Å². The highest BCUT2D eigenvalue weighted by molar-refractivity contribution is 9.10. The Balaban J connectivity index is 3.02. The Morgan fingerprint density at radius 2 is 2.12 bits per heavy atom. The van der Waals surface area contributed by atoms with Gasteiger partial charge in [-0.05, 0) is 30.7 Å². The Kier molecular flexibility index (Phi) is 4.97. The number of rotatable bonds is 5. The van der Waals surface area contributed by atoms with Gasteiger partial charge in [0.05, 0.1) is 18.1 Å². The van der Waals surface area contributed by atoms with Crippen LogP contribution in [0.4, 0.5) is 0 Å². The Bertz CT molecular complexity index is 487. The largest absolute Gasteiger partial charge is 0.497 e. The normalized spacial score (nSPS) is 13.4. The van der Waals surface area contributed by atoms with Gasteiger partial charge in [0.2, 0.25) is 0 Å². The van der Waals surface area contributed by atoms with Gasteiger partial charge in [0, 0.05) is 11.0 Å². The molecule has 0 aromatic heterocycles. The summed E-state index contributed by atoms with van der Waals surface area (Å²) in [6, 6.07) is 5.26. The predicted molar refractivity (Wildman–Crippen MR) is 71.8 cm³/mol. The van der Waals surface area contributed by atoms with Crippen LogP contribution in [-0.4, -0.2) is 27.3 Å². The van der Waals surface area contributed by atoms with Gasteiger partial charge < -0.3 is 10.5 Å². The first-order valence-electron chi connectivity index (χ1n) is 5.14. The number of benzene rings is 1. The monoisotopic (exact) mass is 321 g/mol. The van der Waals surface area contributed by atoms with Crippen molar-refractivity contribution in [2.45, 2.75) is 17.9 Å². The van der Waals surface area contributed by atoms with E-state index in [0.29, 0.717) is 11.3 Å². The summed E-state index contributed by atoms with van der Waals surface area (Å²) in [6.07, 6.45) is 0. The van der Waals surface area contributed by atoms with Gasteiger partial charge in [-0.2, -0.15) is 0 Å². The molecule has 1 aromatic rings. The average Bonchev–Trinajstić information content (AvgIpc) is 2.30. The molecule has 0 aliphatic rings. The molecule has 1 atom stereocenters. The van der Waals surface area contributed by atoms with E-state index in [2.05, 4.69) is 15.9 Å². The lowest BCUT2D eigenvalue weighted by atomic mass is 10.2. The van der Waals surface area contributed by atoms with Gasteiger partial charge in [0.15, 0.2) is 9.84 Å². The first kappa shape index (κ1) is 14.5. The fourth-order valence-corrected chi connectivity index (χ4v) is 3.12. The second kappa shape index (κ2) is 5.84. The SMILES string of the molecule is COc1ccc(Br)c(CS(=O)(=O)C(C)CN)c1. The lowest BCUT2D eigenvalue weighted by Crippen LogP contribution is -2.27. The maximum absolute atomic E-state index is 11.9. The Morgan fingerprint density at radius 1 is 1.47 bits per heavy atom. The van der Waals surface area contributed by atoms with Crippen molar-refractivity contribution < 1.29 is 13.2 Å². The topological polar surface area (TPSA) is 69.4 Å². The number of hydrogen-bond acceptors (Lipinski definition) is 4. The van der Waals surface area contributed by atoms with Gasteiger partial charge in [-0.15, -0.1) is 0 Å². The van der Waals surface area contributed by atoms with E-state index in [-0.39, 0.29) is 12.3 Å². The van der Waals surface area contributed by atoms with Crippen LogP contribution in [0, 0.1) is 0 Å². The second-order valence-electron chi connectivity index (χ2n) is 3.81. The van der Waals surface area contributed by atoms with Crippen LogP contribution < -0.4 is 10.5 Å². The van der Waals surface area contributed by atoms with Gasteiger partial charge in [-0.3, -0.25) is 0 Å². The second-order valence-corrected chi connectivity index (χ2v) is 7.08. The number of halogens is 1. The van der Waals surface area contributed by atoms with Crippen LogP contribution in [0.2, 0.25) is 0 Å². The van der Waals surface area contributed by atoms with Crippen molar-refractivity contribution in [3.8, 4) is 5.75 Å². The molecule has 0 aliphatic heterocycles. The molecular weight excluding hydrogens is 306 g/mol. The number of hydrogen-bond donors (Lipinski definition) is 1. The van der Waals surface area contributed by atoms with Gasteiger partial charge in [0.1, 0.15) is 5.75 Å². The summed E-state index contributed by atoms with van der Waals surface area (Å²) in [6.45, 7) is 1.74. The van der Waals surface area contributed by atoms with Crippen molar-refractivity contribution in [2.24, 2.45) is 5.73 Å². The predicted octanol–water partition coefficient (Wildman–Crippen LogP) is 1.72. The minimum absolute atomic E-state index is 0.0385. The molecule has 1 unspecified atom stereocenters. The van der Waals surface area contributed by atoms with Crippen molar-refractivity contribution in [1.29, 1.82) is 0 Å². The summed E-state index contributed by atoms with van der Waals surface area (Å²) < 4.78 is 29.7. The summed E-state index contributed by atoms with van der Waals surface area (Å²) >= 11 is 3.33. The van der Waals surface area contributed by atoms with Crippen molar-refractivity contribution in [3.05, 3.63) is 28.2 Å². The fourth-order valence-electron chi connectivity index (χ4n) is 1.29. The maximum atomic E-state index is 11.9. The lowest BCUT2D eigenvalue weighted by molar-refractivity contribution is 0.414. The minimum atomic E-state index is -3.22. The Hall–Kier alpha value is -0.590. The zero-order valence-corrected chi connectivity index (χ0v) is 12.2. The Labute approximate surface area is 110 Å². The third-order valence-electron chi connectivity index (χ3n) is 2.55. The van der Waals surface area contributed by atoms with Crippen molar-refractivity contribution in [3.63, 3.8) is 0 Å². The molecule has 0 amide bonds. The van der Waals surface area contributed by atoms with Crippen LogP contribution in [0.15, 0.2) is 22.7 Å². The summed E-state index contributed by atoms with van der Waals surface area (Å²) in [5.41, 5.74) is 6.08. The molecule has 0 saturated carbocycles. The van der Waals surface area contributed by atoms with Crippen LogP contribution in [0.25, 0.3) is 0 Å². The summed E-state index contributed by atoms with van der Waals surface area (Å²) in [7, 11) is -1.68. The van der Waals surface area contributed by atoms with Gasteiger partial charge >= 0.3 is 0 Å². The maximum Gasteiger partial charge on any atom is 0.158 e. The number of nitrogens with two attached hydrogens (primary N) is 1. The van der Waals surface area contributed by atoms with Gasteiger partial charge in [-0.25, -0.2) is 8.42 Å². The lowest BCUT2D eigenvalue weighted by Gasteiger charge is -2.12. The van der Waals surface area contributed by atoms with Crippen molar-refractivity contribution in [2.75, 3.05) is 13.7 Å². The highest BCUT2D eigenvalue weighted by Crippen LogP contribution is 2.25. The minimum Gasteiger partial charge on any atom is -0.497 e. The molecule has 1 rings (SSSR count). The number of methoxy groups -OCH3 is 1. The van der Waals surface area contributed by atoms with Gasteiger partial charge in [0.25, 0.3) is 0 Å². The molecule has 2 N–H and O–H groups in total. The quantitative estimate of drug-likeness (QED) is 0.896. The molecule has 0 spiro atoms. The zero-order valence-electron chi connectivity index (χ0n) is 9.81. The van der Waals surface area contributed by atoms with Crippen molar-refractivity contribution in [1.82, 2.24) is 0 Å². The molecule has 0 saturated heterocycles.